The zero-order chi connectivity index (χ0) is 13.9. The number of hydrogen-bond acceptors (Lipinski definition) is 5. The van der Waals surface area contributed by atoms with E-state index in [0.717, 1.165) is 0 Å². The maximum absolute atomic E-state index is 10.9. The van der Waals surface area contributed by atoms with Crippen LogP contribution in [0.1, 0.15) is 23.3 Å². The molecule has 0 atom stereocenters. The minimum absolute atomic E-state index is 0.00307. The topological polar surface area (TPSA) is 82.9 Å². The molecular formula is C13H18N2O4. The van der Waals surface area contributed by atoms with Crippen LogP contribution in [0.4, 0.5) is 5.82 Å². The lowest BCUT2D eigenvalue weighted by Gasteiger charge is -2.35. The first kappa shape index (κ1) is 13.8. The molecule has 1 aliphatic heterocycles. The zero-order valence-corrected chi connectivity index (χ0v) is 10.9. The van der Waals surface area contributed by atoms with Crippen molar-refractivity contribution < 1.29 is 19.7 Å². The fourth-order valence-electron chi connectivity index (χ4n) is 2.19. The summed E-state index contributed by atoms with van der Waals surface area (Å²) in [5.41, 5.74) is -0.795. The molecule has 1 fully saturated rings. The fourth-order valence-corrected chi connectivity index (χ4v) is 2.19. The van der Waals surface area contributed by atoms with Gasteiger partial charge in [0.25, 0.3) is 0 Å². The van der Waals surface area contributed by atoms with E-state index in [1.165, 1.54) is 6.07 Å². The van der Waals surface area contributed by atoms with Crippen LogP contribution < -0.4 is 4.90 Å². The van der Waals surface area contributed by atoms with Gasteiger partial charge in [-0.1, -0.05) is 6.07 Å². The summed E-state index contributed by atoms with van der Waals surface area (Å²) < 4.78 is 5.23. The standard InChI is InChI=1S/C13H18N2O4/c1-15(9-13(18)5-7-19-8-6-13)11-4-2-3-10(14-11)12(16)17/h2-4,18H,5-9H2,1H3,(H,16,17). The number of likely N-dealkylation sites (N-methyl/N-ethyl adjacent to an activating group) is 1. The van der Waals surface area contributed by atoms with Gasteiger partial charge < -0.3 is 19.8 Å². The van der Waals surface area contributed by atoms with Gasteiger partial charge in [-0.3, -0.25) is 0 Å². The molecule has 0 amide bonds. The van der Waals surface area contributed by atoms with Gasteiger partial charge in [-0.25, -0.2) is 9.78 Å². The largest absolute Gasteiger partial charge is 0.477 e. The summed E-state index contributed by atoms with van der Waals surface area (Å²) >= 11 is 0. The van der Waals surface area contributed by atoms with E-state index in [1.807, 2.05) is 0 Å². The van der Waals surface area contributed by atoms with Crippen molar-refractivity contribution in [2.75, 3.05) is 31.7 Å². The summed E-state index contributed by atoms with van der Waals surface area (Å²) in [5, 5.41) is 19.3. The maximum Gasteiger partial charge on any atom is 0.354 e. The summed E-state index contributed by atoms with van der Waals surface area (Å²) in [6.07, 6.45) is 1.16. The average molecular weight is 266 g/mol. The van der Waals surface area contributed by atoms with Crippen molar-refractivity contribution in [2.45, 2.75) is 18.4 Å². The third-order valence-electron chi connectivity index (χ3n) is 3.30. The molecule has 1 aromatic heterocycles. The van der Waals surface area contributed by atoms with Crippen molar-refractivity contribution in [3.05, 3.63) is 23.9 Å². The SMILES string of the molecule is CN(CC1(O)CCOCC1)c1cccc(C(=O)O)n1. The number of anilines is 1. The number of pyridine rings is 1. The predicted octanol–water partition coefficient (Wildman–Crippen LogP) is 0.757. The Morgan fingerprint density at radius 2 is 2.16 bits per heavy atom. The van der Waals surface area contributed by atoms with Crippen molar-refractivity contribution in [1.82, 2.24) is 4.98 Å². The molecule has 0 radical (unpaired) electrons. The molecule has 19 heavy (non-hydrogen) atoms. The van der Waals surface area contributed by atoms with Crippen LogP contribution >= 0.6 is 0 Å². The Morgan fingerprint density at radius 3 is 2.79 bits per heavy atom. The van der Waals surface area contributed by atoms with Gasteiger partial charge in [0.2, 0.25) is 0 Å². The summed E-state index contributed by atoms with van der Waals surface area (Å²) in [7, 11) is 1.79. The third kappa shape index (κ3) is 3.42. The molecule has 0 aliphatic carbocycles. The van der Waals surface area contributed by atoms with Crippen LogP contribution in [0.3, 0.4) is 0 Å². The van der Waals surface area contributed by atoms with Crippen LogP contribution in [0.15, 0.2) is 18.2 Å². The average Bonchev–Trinajstić information content (AvgIpc) is 2.39. The highest BCUT2D eigenvalue weighted by molar-refractivity contribution is 5.85. The highest BCUT2D eigenvalue weighted by atomic mass is 16.5. The van der Waals surface area contributed by atoms with Gasteiger partial charge in [0.05, 0.1) is 5.60 Å². The first-order valence-corrected chi connectivity index (χ1v) is 6.22. The van der Waals surface area contributed by atoms with Crippen molar-refractivity contribution in [1.29, 1.82) is 0 Å². The summed E-state index contributed by atoms with van der Waals surface area (Å²) in [6.45, 7) is 1.51. The Kier molecular flexibility index (Phi) is 4.01. The molecule has 2 heterocycles. The maximum atomic E-state index is 10.9. The van der Waals surface area contributed by atoms with Crippen LogP contribution in [0.2, 0.25) is 0 Å². The van der Waals surface area contributed by atoms with Crippen LogP contribution in [0.5, 0.6) is 0 Å². The number of nitrogens with zero attached hydrogens (tertiary/aromatic N) is 2. The van der Waals surface area contributed by atoms with E-state index < -0.39 is 11.6 Å². The Hall–Kier alpha value is -1.66. The second-order valence-electron chi connectivity index (χ2n) is 4.88. The van der Waals surface area contributed by atoms with E-state index in [2.05, 4.69) is 4.98 Å². The molecular weight excluding hydrogens is 248 g/mol. The Bertz CT molecular complexity index is 458. The molecule has 0 unspecified atom stereocenters. The summed E-state index contributed by atoms with van der Waals surface area (Å²) in [4.78, 5) is 16.7. The molecule has 0 bridgehead atoms. The monoisotopic (exact) mass is 266 g/mol. The second-order valence-corrected chi connectivity index (χ2v) is 4.88. The highest BCUT2D eigenvalue weighted by Crippen LogP contribution is 2.23. The minimum atomic E-state index is -1.06. The van der Waals surface area contributed by atoms with Crippen LogP contribution in [-0.4, -0.2) is 53.6 Å². The molecule has 1 saturated heterocycles. The number of carboxylic acids is 1. The summed E-state index contributed by atoms with van der Waals surface area (Å²) in [6, 6.07) is 4.83. The van der Waals surface area contributed by atoms with Gasteiger partial charge in [0, 0.05) is 39.6 Å². The van der Waals surface area contributed by atoms with Gasteiger partial charge in [0.1, 0.15) is 5.82 Å². The number of aliphatic hydroxyl groups is 1. The number of carbonyl (C=O) groups is 1. The molecule has 0 spiro atoms. The molecule has 2 rings (SSSR count). The Labute approximate surface area is 111 Å². The molecule has 2 N–H and O–H groups in total. The van der Waals surface area contributed by atoms with Crippen molar-refractivity contribution in [3.63, 3.8) is 0 Å². The van der Waals surface area contributed by atoms with E-state index in [-0.39, 0.29) is 5.69 Å². The molecule has 6 heteroatoms. The number of aromatic carboxylic acids is 1. The lowest BCUT2D eigenvalue weighted by molar-refractivity contribution is -0.0573. The summed E-state index contributed by atoms with van der Waals surface area (Å²) in [5.74, 6) is -0.514. The Balaban J connectivity index is 2.08. The molecule has 1 aliphatic rings. The lowest BCUT2D eigenvalue weighted by Crippen LogP contribution is -2.46. The minimum Gasteiger partial charge on any atom is -0.477 e. The van der Waals surface area contributed by atoms with Gasteiger partial charge >= 0.3 is 5.97 Å². The van der Waals surface area contributed by atoms with E-state index in [9.17, 15) is 9.90 Å². The van der Waals surface area contributed by atoms with E-state index in [4.69, 9.17) is 9.84 Å². The quantitative estimate of drug-likeness (QED) is 0.837. The first-order chi connectivity index (χ1) is 9.00. The molecule has 104 valence electrons. The third-order valence-corrected chi connectivity index (χ3v) is 3.30. The predicted molar refractivity (Wildman–Crippen MR) is 69.5 cm³/mol. The van der Waals surface area contributed by atoms with Crippen LogP contribution in [0.25, 0.3) is 0 Å². The van der Waals surface area contributed by atoms with Crippen molar-refractivity contribution in [2.24, 2.45) is 0 Å². The normalized spacial score (nSPS) is 18.0. The van der Waals surface area contributed by atoms with Crippen molar-refractivity contribution in [3.8, 4) is 0 Å². The van der Waals surface area contributed by atoms with Gasteiger partial charge in [0.15, 0.2) is 5.69 Å². The molecule has 1 aromatic rings. The van der Waals surface area contributed by atoms with Crippen LogP contribution in [-0.2, 0) is 4.74 Å². The first-order valence-electron chi connectivity index (χ1n) is 6.22. The van der Waals surface area contributed by atoms with E-state index in [0.29, 0.717) is 38.4 Å². The number of ether oxygens (including phenoxy) is 1. The number of hydrogen-bond donors (Lipinski definition) is 2. The van der Waals surface area contributed by atoms with Gasteiger partial charge in [-0.05, 0) is 12.1 Å². The van der Waals surface area contributed by atoms with E-state index in [1.54, 1.807) is 24.1 Å². The van der Waals surface area contributed by atoms with Gasteiger partial charge in [-0.15, -0.1) is 0 Å². The zero-order valence-electron chi connectivity index (χ0n) is 10.9. The second kappa shape index (κ2) is 5.54. The van der Waals surface area contributed by atoms with Crippen molar-refractivity contribution >= 4 is 11.8 Å². The van der Waals surface area contributed by atoms with Gasteiger partial charge in [-0.2, -0.15) is 0 Å². The number of carboxylic acid groups (broad SMARTS) is 1. The molecule has 0 aromatic carbocycles. The lowest BCUT2D eigenvalue weighted by atomic mass is 9.94. The molecule has 6 nitrogen and oxygen atoms in total. The Morgan fingerprint density at radius 1 is 1.47 bits per heavy atom. The van der Waals surface area contributed by atoms with Crippen LogP contribution in [0, 0.1) is 0 Å². The number of rotatable bonds is 4. The molecule has 0 saturated carbocycles. The van der Waals surface area contributed by atoms with E-state index >= 15 is 0 Å². The fraction of sp³-hybridized carbons (Fsp3) is 0.538. The smallest absolute Gasteiger partial charge is 0.354 e. The highest BCUT2D eigenvalue weighted by Gasteiger charge is 2.31. The number of aromatic nitrogens is 1.